The Labute approximate surface area is 299 Å². The molecule has 0 spiro atoms. The molecular formula is C48H28N4. The van der Waals surface area contributed by atoms with Crippen LogP contribution in [0.15, 0.2) is 170 Å². The van der Waals surface area contributed by atoms with Crippen LogP contribution in [0.1, 0.15) is 0 Å². The Morgan fingerprint density at radius 1 is 0.308 bits per heavy atom. The minimum atomic E-state index is 0.584. The summed E-state index contributed by atoms with van der Waals surface area (Å²) in [5.41, 5.74) is 4.89. The van der Waals surface area contributed by atoms with E-state index in [0.717, 1.165) is 33.2 Å². The van der Waals surface area contributed by atoms with E-state index < -0.39 is 0 Å². The van der Waals surface area contributed by atoms with E-state index >= 15 is 0 Å². The lowest BCUT2D eigenvalue weighted by Crippen LogP contribution is -2.01. The van der Waals surface area contributed by atoms with Gasteiger partial charge in [0.2, 0.25) is 0 Å². The summed E-state index contributed by atoms with van der Waals surface area (Å²) in [6, 6.07) is 56.3. The fourth-order valence-electron chi connectivity index (χ4n) is 8.21. The van der Waals surface area contributed by atoms with Gasteiger partial charge in [-0.3, -0.25) is 4.98 Å². The fourth-order valence-corrected chi connectivity index (χ4v) is 8.21. The average molecular weight is 661 g/mol. The lowest BCUT2D eigenvalue weighted by Gasteiger charge is -2.17. The van der Waals surface area contributed by atoms with Gasteiger partial charge in [-0.15, -0.1) is 0 Å². The molecule has 9 aromatic carbocycles. The second-order valence-corrected chi connectivity index (χ2v) is 13.4. The van der Waals surface area contributed by atoms with Crippen molar-refractivity contribution in [2.45, 2.75) is 0 Å². The van der Waals surface area contributed by atoms with E-state index in [1.165, 1.54) is 59.2 Å². The van der Waals surface area contributed by atoms with Crippen molar-refractivity contribution in [3.8, 4) is 45.3 Å². The van der Waals surface area contributed by atoms with Crippen LogP contribution < -0.4 is 0 Å². The van der Waals surface area contributed by atoms with Crippen LogP contribution in [0.4, 0.5) is 0 Å². The molecule has 0 N–H and O–H groups in total. The van der Waals surface area contributed by atoms with E-state index in [-0.39, 0.29) is 0 Å². The SMILES string of the molecule is c1ccc(-c2ccccc2-c2nc(-c3cccnc3)nc(-c3cc4ccc5cccc6c7cccc8ccc9cccc(c(c3)c4c56)c9c87)n2)cc1. The fraction of sp³-hybridized carbons (Fsp3) is 0. The van der Waals surface area contributed by atoms with Crippen molar-refractivity contribution >= 4 is 64.6 Å². The summed E-state index contributed by atoms with van der Waals surface area (Å²) < 4.78 is 0. The first-order valence-electron chi connectivity index (χ1n) is 17.5. The van der Waals surface area contributed by atoms with Crippen molar-refractivity contribution in [2.24, 2.45) is 0 Å². The zero-order valence-electron chi connectivity index (χ0n) is 28.0. The Morgan fingerprint density at radius 2 is 0.827 bits per heavy atom. The average Bonchev–Trinajstić information content (AvgIpc) is 3.22. The third-order valence-corrected chi connectivity index (χ3v) is 10.5. The van der Waals surface area contributed by atoms with Crippen LogP contribution in [0.3, 0.4) is 0 Å². The number of fused-ring (bicyclic) bond motifs is 2. The predicted molar refractivity (Wildman–Crippen MR) is 216 cm³/mol. The lowest BCUT2D eigenvalue weighted by molar-refractivity contribution is 1.07. The molecule has 4 nitrogen and oxygen atoms in total. The molecule has 0 aliphatic carbocycles. The quantitative estimate of drug-likeness (QED) is 0.176. The number of benzene rings is 8. The maximum atomic E-state index is 5.27. The predicted octanol–water partition coefficient (Wildman–Crippen LogP) is 12.3. The zero-order chi connectivity index (χ0) is 34.2. The molecule has 11 rings (SSSR count). The van der Waals surface area contributed by atoms with Gasteiger partial charge in [0.1, 0.15) is 0 Å². The largest absolute Gasteiger partial charge is 0.264 e. The summed E-state index contributed by atoms with van der Waals surface area (Å²) in [6.07, 6.45) is 3.59. The summed E-state index contributed by atoms with van der Waals surface area (Å²) in [6.45, 7) is 0. The highest BCUT2D eigenvalue weighted by Crippen LogP contribution is 2.44. The van der Waals surface area contributed by atoms with Crippen molar-refractivity contribution in [1.82, 2.24) is 19.9 Å². The highest BCUT2D eigenvalue weighted by molar-refractivity contribution is 6.37. The van der Waals surface area contributed by atoms with Gasteiger partial charge < -0.3 is 0 Å². The van der Waals surface area contributed by atoms with E-state index in [9.17, 15) is 0 Å². The van der Waals surface area contributed by atoms with Crippen LogP contribution in [0.2, 0.25) is 0 Å². The monoisotopic (exact) mass is 660 g/mol. The number of nitrogens with zero attached hydrogens (tertiary/aromatic N) is 4. The van der Waals surface area contributed by atoms with Gasteiger partial charge in [-0.1, -0.05) is 133 Å². The molecule has 0 saturated carbocycles. The molecule has 11 aromatic rings. The van der Waals surface area contributed by atoms with Gasteiger partial charge in [0, 0.05) is 29.1 Å². The number of rotatable bonds is 4. The minimum absolute atomic E-state index is 0.584. The van der Waals surface area contributed by atoms with E-state index in [0.29, 0.717) is 17.5 Å². The van der Waals surface area contributed by atoms with Crippen LogP contribution in [-0.4, -0.2) is 19.9 Å². The molecule has 2 heterocycles. The van der Waals surface area contributed by atoms with Gasteiger partial charge in [-0.2, -0.15) is 0 Å². The number of hydrogen-bond donors (Lipinski definition) is 0. The summed E-state index contributed by atoms with van der Waals surface area (Å²) in [5, 5.41) is 14.8. The molecule has 4 heteroatoms. The molecule has 0 radical (unpaired) electrons. The van der Waals surface area contributed by atoms with Crippen LogP contribution in [0.5, 0.6) is 0 Å². The Balaban J connectivity index is 1.28. The van der Waals surface area contributed by atoms with Gasteiger partial charge in [0.25, 0.3) is 0 Å². The zero-order valence-corrected chi connectivity index (χ0v) is 28.0. The molecule has 0 amide bonds. The maximum absolute atomic E-state index is 5.27. The van der Waals surface area contributed by atoms with Crippen molar-refractivity contribution < 1.29 is 0 Å². The first-order valence-corrected chi connectivity index (χ1v) is 17.5. The first kappa shape index (κ1) is 28.8. The van der Waals surface area contributed by atoms with Crippen molar-refractivity contribution in [2.75, 3.05) is 0 Å². The number of pyridine rings is 1. The van der Waals surface area contributed by atoms with Crippen molar-refractivity contribution in [1.29, 1.82) is 0 Å². The summed E-state index contributed by atoms with van der Waals surface area (Å²) in [4.78, 5) is 19.9. The highest BCUT2D eigenvalue weighted by Gasteiger charge is 2.19. The van der Waals surface area contributed by atoms with Gasteiger partial charge in [-0.25, -0.2) is 15.0 Å². The summed E-state index contributed by atoms with van der Waals surface area (Å²) >= 11 is 0. The molecule has 0 fully saturated rings. The molecule has 0 aliphatic heterocycles. The van der Waals surface area contributed by atoms with Gasteiger partial charge in [0.15, 0.2) is 17.5 Å². The van der Waals surface area contributed by atoms with E-state index in [1.807, 2.05) is 30.5 Å². The second-order valence-electron chi connectivity index (χ2n) is 13.4. The molecular weight excluding hydrogens is 633 g/mol. The number of aromatic nitrogens is 4. The molecule has 0 bridgehead atoms. The van der Waals surface area contributed by atoms with Crippen LogP contribution in [0, 0.1) is 0 Å². The summed E-state index contributed by atoms with van der Waals surface area (Å²) in [7, 11) is 0. The Bertz CT molecular complexity index is 3170. The van der Waals surface area contributed by atoms with E-state index in [2.05, 4.69) is 138 Å². The van der Waals surface area contributed by atoms with Crippen molar-refractivity contribution in [3.63, 3.8) is 0 Å². The van der Waals surface area contributed by atoms with Crippen LogP contribution in [-0.2, 0) is 0 Å². The highest BCUT2D eigenvalue weighted by atomic mass is 15.0. The third-order valence-electron chi connectivity index (χ3n) is 10.5. The lowest BCUT2D eigenvalue weighted by atomic mass is 9.87. The summed E-state index contributed by atoms with van der Waals surface area (Å²) in [5.74, 6) is 1.82. The van der Waals surface area contributed by atoms with Crippen LogP contribution in [0.25, 0.3) is 110 Å². The standard InChI is InChI=1S/C48H28N4/c1-2-10-29(11-3-1)36-16-4-5-17-40(36)48-51-46(34-15-9-25-49-28-34)50-47(52-48)35-26-33-24-23-32-13-7-19-38-37-18-6-12-30-21-22-31-14-8-20-39(44(31)42(30)37)41(27-35)45(33)43(32)38/h1-28H. The van der Waals surface area contributed by atoms with E-state index in [4.69, 9.17) is 15.0 Å². The maximum Gasteiger partial charge on any atom is 0.165 e. The van der Waals surface area contributed by atoms with Crippen LogP contribution >= 0.6 is 0 Å². The molecule has 2 aromatic heterocycles. The molecule has 52 heavy (non-hydrogen) atoms. The number of hydrogen-bond acceptors (Lipinski definition) is 4. The molecule has 0 saturated heterocycles. The van der Waals surface area contributed by atoms with Gasteiger partial charge in [-0.05, 0) is 100 Å². The second kappa shape index (κ2) is 11.2. The smallest absolute Gasteiger partial charge is 0.165 e. The molecule has 240 valence electrons. The van der Waals surface area contributed by atoms with Gasteiger partial charge in [0.05, 0.1) is 0 Å². The van der Waals surface area contributed by atoms with Gasteiger partial charge >= 0.3 is 0 Å². The Hall–Kier alpha value is -7.04. The van der Waals surface area contributed by atoms with E-state index in [1.54, 1.807) is 6.20 Å². The molecule has 0 unspecified atom stereocenters. The van der Waals surface area contributed by atoms with Crippen molar-refractivity contribution in [3.05, 3.63) is 170 Å². The minimum Gasteiger partial charge on any atom is -0.264 e. The topological polar surface area (TPSA) is 51.6 Å². The molecule has 0 atom stereocenters. The molecule has 0 aliphatic rings. The Kier molecular flexibility index (Phi) is 6.22. The normalized spacial score (nSPS) is 11.8. The first-order chi connectivity index (χ1) is 25.8. The Morgan fingerprint density at radius 3 is 1.46 bits per heavy atom. The third kappa shape index (κ3) is 4.34.